The molecule has 0 spiro atoms. The molecule has 1 heterocycles. The fourth-order valence-electron chi connectivity index (χ4n) is 2.79. The molecule has 0 aliphatic carbocycles. The van der Waals surface area contributed by atoms with Gasteiger partial charge in [0.25, 0.3) is 5.91 Å². The summed E-state index contributed by atoms with van der Waals surface area (Å²) in [5, 5.41) is 6.58. The van der Waals surface area contributed by atoms with Crippen molar-refractivity contribution in [2.75, 3.05) is 19.7 Å². The highest BCUT2D eigenvalue weighted by molar-refractivity contribution is 6.35. The first kappa shape index (κ1) is 21.4. The number of nitrogens with zero attached hydrogens (tertiary/aromatic N) is 2. The third-order valence-corrected chi connectivity index (χ3v) is 4.17. The Bertz CT molecular complexity index is 693. The number of hydrogen-bond donors (Lipinski definition) is 2. The summed E-state index contributed by atoms with van der Waals surface area (Å²) < 4.78 is 5.40. The van der Waals surface area contributed by atoms with Crippen LogP contribution in [-0.2, 0) is 14.4 Å². The number of rotatable bonds is 6. The van der Waals surface area contributed by atoms with Crippen LogP contribution in [0.4, 0.5) is 0 Å². The van der Waals surface area contributed by atoms with Crippen molar-refractivity contribution < 1.29 is 19.1 Å². The Hall–Kier alpha value is -2.90. The first-order valence-electron chi connectivity index (χ1n) is 9.60. The highest BCUT2D eigenvalue weighted by Crippen LogP contribution is 2.11. The van der Waals surface area contributed by atoms with E-state index in [2.05, 4.69) is 15.8 Å². The van der Waals surface area contributed by atoms with Gasteiger partial charge in [0.1, 0.15) is 5.75 Å². The molecule has 1 saturated heterocycles. The number of benzene rings is 1. The Labute approximate surface area is 165 Å². The van der Waals surface area contributed by atoms with Gasteiger partial charge in [0, 0.05) is 19.1 Å². The van der Waals surface area contributed by atoms with Crippen LogP contribution in [0.25, 0.3) is 0 Å². The minimum Gasteiger partial charge on any atom is -0.484 e. The molecule has 0 unspecified atom stereocenters. The molecule has 2 N–H and O–H groups in total. The van der Waals surface area contributed by atoms with Crippen LogP contribution in [0.1, 0.15) is 45.1 Å². The monoisotopic (exact) mass is 388 g/mol. The second kappa shape index (κ2) is 11.1. The Kier molecular flexibility index (Phi) is 8.45. The van der Waals surface area contributed by atoms with Gasteiger partial charge in [-0.15, -0.1) is 0 Å². The normalized spacial score (nSPS) is 14.6. The highest BCUT2D eigenvalue weighted by atomic mass is 16.5. The average molecular weight is 388 g/mol. The molecule has 8 nitrogen and oxygen atoms in total. The molecule has 1 aromatic carbocycles. The number of nitrogens with one attached hydrogen (secondary N) is 2. The van der Waals surface area contributed by atoms with E-state index in [1.807, 2.05) is 13.8 Å². The quantitative estimate of drug-likeness (QED) is 0.437. The van der Waals surface area contributed by atoms with Gasteiger partial charge < -0.3 is 15.0 Å². The third kappa shape index (κ3) is 7.38. The van der Waals surface area contributed by atoms with E-state index in [4.69, 9.17) is 4.74 Å². The van der Waals surface area contributed by atoms with Gasteiger partial charge in [0.2, 0.25) is 0 Å². The van der Waals surface area contributed by atoms with Crippen molar-refractivity contribution in [3.8, 4) is 5.75 Å². The lowest BCUT2D eigenvalue weighted by Crippen LogP contribution is -2.41. The average Bonchev–Trinajstić information content (AvgIpc) is 2.95. The molecular weight excluding hydrogens is 360 g/mol. The second-order valence-corrected chi connectivity index (χ2v) is 6.99. The van der Waals surface area contributed by atoms with E-state index in [1.165, 1.54) is 6.21 Å². The number of amides is 3. The van der Waals surface area contributed by atoms with Crippen molar-refractivity contribution in [1.29, 1.82) is 0 Å². The fraction of sp³-hybridized carbons (Fsp3) is 0.500. The smallest absolute Gasteiger partial charge is 0.329 e. The number of carbonyl (C=O) groups excluding carboxylic acids is 3. The van der Waals surface area contributed by atoms with Crippen LogP contribution in [0.2, 0.25) is 0 Å². The van der Waals surface area contributed by atoms with E-state index >= 15 is 0 Å². The van der Waals surface area contributed by atoms with Crippen LogP contribution in [0, 0.1) is 0 Å². The number of likely N-dealkylation sites (tertiary alicyclic amines) is 1. The summed E-state index contributed by atoms with van der Waals surface area (Å²) in [6.07, 6.45) is 5.48. The van der Waals surface area contributed by atoms with Crippen LogP contribution in [0.15, 0.2) is 29.4 Å². The Morgan fingerprint density at radius 2 is 1.75 bits per heavy atom. The molecule has 0 saturated carbocycles. The molecular formula is C20H28N4O4. The highest BCUT2D eigenvalue weighted by Gasteiger charge is 2.22. The molecule has 0 radical (unpaired) electrons. The van der Waals surface area contributed by atoms with E-state index in [-0.39, 0.29) is 18.6 Å². The standard InChI is InChI=1S/C20H28N4O4/c1-15(2)22-18(25)14-28-17-9-7-16(8-10-17)13-21-23-19(26)20(27)24-11-5-3-4-6-12-24/h7-10,13,15H,3-6,11-12,14H2,1-2H3,(H,22,25)(H,23,26)/b21-13-. The first-order chi connectivity index (χ1) is 13.5. The summed E-state index contributed by atoms with van der Waals surface area (Å²) in [6, 6.07) is 6.95. The summed E-state index contributed by atoms with van der Waals surface area (Å²) in [4.78, 5) is 37.2. The minimum atomic E-state index is -0.728. The second-order valence-electron chi connectivity index (χ2n) is 6.99. The predicted octanol–water partition coefficient (Wildman–Crippen LogP) is 1.44. The van der Waals surface area contributed by atoms with Gasteiger partial charge in [0.15, 0.2) is 6.61 Å². The molecule has 0 atom stereocenters. The zero-order chi connectivity index (χ0) is 20.4. The molecule has 3 amide bonds. The van der Waals surface area contributed by atoms with Crippen molar-refractivity contribution in [2.45, 2.75) is 45.6 Å². The van der Waals surface area contributed by atoms with Gasteiger partial charge >= 0.3 is 11.8 Å². The van der Waals surface area contributed by atoms with Crippen LogP contribution >= 0.6 is 0 Å². The zero-order valence-corrected chi connectivity index (χ0v) is 16.4. The zero-order valence-electron chi connectivity index (χ0n) is 16.4. The van der Waals surface area contributed by atoms with E-state index in [9.17, 15) is 14.4 Å². The van der Waals surface area contributed by atoms with Crippen LogP contribution in [0.5, 0.6) is 5.75 Å². The van der Waals surface area contributed by atoms with Gasteiger partial charge in [-0.3, -0.25) is 14.4 Å². The first-order valence-corrected chi connectivity index (χ1v) is 9.60. The van der Waals surface area contributed by atoms with Crippen LogP contribution < -0.4 is 15.5 Å². The van der Waals surface area contributed by atoms with E-state index < -0.39 is 11.8 Å². The van der Waals surface area contributed by atoms with Crippen molar-refractivity contribution in [3.05, 3.63) is 29.8 Å². The maximum Gasteiger partial charge on any atom is 0.329 e. The minimum absolute atomic E-state index is 0.0553. The largest absolute Gasteiger partial charge is 0.484 e. The molecule has 0 aromatic heterocycles. The molecule has 28 heavy (non-hydrogen) atoms. The molecule has 8 heteroatoms. The molecule has 0 bridgehead atoms. The Morgan fingerprint density at radius 1 is 1.11 bits per heavy atom. The van der Waals surface area contributed by atoms with Crippen molar-refractivity contribution >= 4 is 23.9 Å². The summed E-state index contributed by atoms with van der Waals surface area (Å²) in [5.41, 5.74) is 3.00. The number of hydrogen-bond acceptors (Lipinski definition) is 5. The SMILES string of the molecule is CC(C)NC(=O)COc1ccc(/C=N\NC(=O)C(=O)N2CCCCCC2)cc1. The fourth-order valence-corrected chi connectivity index (χ4v) is 2.79. The van der Waals surface area contributed by atoms with Crippen molar-refractivity contribution in [3.63, 3.8) is 0 Å². The number of ether oxygens (including phenoxy) is 1. The molecule has 152 valence electrons. The lowest BCUT2D eigenvalue weighted by Gasteiger charge is -2.18. The van der Waals surface area contributed by atoms with Crippen molar-refractivity contribution in [1.82, 2.24) is 15.6 Å². The van der Waals surface area contributed by atoms with E-state index in [0.717, 1.165) is 31.2 Å². The predicted molar refractivity (Wildman–Crippen MR) is 106 cm³/mol. The van der Waals surface area contributed by atoms with Gasteiger partial charge in [-0.1, -0.05) is 12.8 Å². The molecule has 1 fully saturated rings. The van der Waals surface area contributed by atoms with Crippen molar-refractivity contribution in [2.24, 2.45) is 5.10 Å². The Balaban J connectivity index is 1.78. The van der Waals surface area contributed by atoms with Gasteiger partial charge in [-0.25, -0.2) is 5.43 Å². The van der Waals surface area contributed by atoms with Gasteiger partial charge in [-0.05, 0) is 56.5 Å². The van der Waals surface area contributed by atoms with E-state index in [1.54, 1.807) is 29.2 Å². The topological polar surface area (TPSA) is 100 Å². The third-order valence-electron chi connectivity index (χ3n) is 4.17. The summed E-state index contributed by atoms with van der Waals surface area (Å²) >= 11 is 0. The number of carbonyl (C=O) groups is 3. The maximum absolute atomic E-state index is 12.1. The molecule has 2 rings (SSSR count). The maximum atomic E-state index is 12.1. The molecule has 1 aromatic rings. The summed E-state index contributed by atoms with van der Waals surface area (Å²) in [5.74, 6) is -0.898. The number of hydrazone groups is 1. The molecule has 1 aliphatic rings. The lowest BCUT2D eigenvalue weighted by molar-refractivity contribution is -0.145. The van der Waals surface area contributed by atoms with Crippen LogP contribution in [-0.4, -0.2) is 54.6 Å². The summed E-state index contributed by atoms with van der Waals surface area (Å²) in [6.45, 7) is 4.94. The van der Waals surface area contributed by atoms with Gasteiger partial charge in [-0.2, -0.15) is 5.10 Å². The lowest BCUT2D eigenvalue weighted by atomic mass is 10.2. The van der Waals surface area contributed by atoms with Crippen LogP contribution in [0.3, 0.4) is 0 Å². The molecule has 1 aliphatic heterocycles. The summed E-state index contributed by atoms with van der Waals surface area (Å²) in [7, 11) is 0. The van der Waals surface area contributed by atoms with E-state index in [0.29, 0.717) is 18.8 Å². The van der Waals surface area contributed by atoms with Gasteiger partial charge in [0.05, 0.1) is 6.21 Å². The Morgan fingerprint density at radius 3 is 2.36 bits per heavy atom.